The largest absolute Gasteiger partial charge is 0.600 e. The van der Waals surface area contributed by atoms with Crippen molar-refractivity contribution in [3.63, 3.8) is 0 Å². The summed E-state index contributed by atoms with van der Waals surface area (Å²) in [5.41, 5.74) is 2.26. The van der Waals surface area contributed by atoms with Gasteiger partial charge in [-0.05, 0) is 17.4 Å². The van der Waals surface area contributed by atoms with E-state index in [0.29, 0.717) is 5.23 Å². The molecule has 10 nitrogen and oxygen atoms in total. The minimum atomic E-state index is -4.22. The van der Waals surface area contributed by atoms with E-state index in [1.54, 1.807) is 10.8 Å². The van der Waals surface area contributed by atoms with E-state index in [1.165, 1.54) is 38.3 Å². The molecule has 12 heteroatoms. The van der Waals surface area contributed by atoms with Gasteiger partial charge in [-0.15, -0.1) is 0 Å². The Hall–Kier alpha value is -2.34. The molecule has 0 aromatic heterocycles. The van der Waals surface area contributed by atoms with E-state index in [0.717, 1.165) is 0 Å². The molecular formula is C12H14ClN5O5S. The van der Waals surface area contributed by atoms with E-state index in [-0.39, 0.29) is 21.5 Å². The SMILES string of the molecule is COC1=NN(NC(=O)NS(=O)(=O)c2ccccc2Cl)[NH+]([O-])C(C)=C1. The van der Waals surface area contributed by atoms with E-state index >= 15 is 0 Å². The number of amides is 2. The number of rotatable bonds is 3. The van der Waals surface area contributed by atoms with Crippen LogP contribution >= 0.6 is 11.6 Å². The quantitative estimate of drug-likeness (QED) is 0.623. The van der Waals surface area contributed by atoms with Gasteiger partial charge in [0.25, 0.3) is 10.0 Å². The molecule has 0 fully saturated rings. The number of nitrogens with zero attached hydrogens (tertiary/aromatic N) is 2. The molecule has 2 rings (SSSR count). The predicted octanol–water partition coefficient (Wildman–Crippen LogP) is -0.280. The van der Waals surface area contributed by atoms with Crippen LogP contribution < -0.4 is 15.3 Å². The van der Waals surface area contributed by atoms with Crippen LogP contribution in [-0.4, -0.2) is 32.7 Å². The van der Waals surface area contributed by atoms with Crippen LogP contribution in [0, 0.1) is 5.21 Å². The summed E-state index contributed by atoms with van der Waals surface area (Å²) in [6.45, 7) is 1.49. The Morgan fingerprint density at radius 3 is 2.71 bits per heavy atom. The molecular weight excluding hydrogens is 362 g/mol. The molecule has 0 spiro atoms. The lowest BCUT2D eigenvalue weighted by molar-refractivity contribution is -0.947. The number of benzene rings is 1. The van der Waals surface area contributed by atoms with Crippen molar-refractivity contribution in [1.82, 2.24) is 15.4 Å². The number of quaternary nitrogens is 1. The highest BCUT2D eigenvalue weighted by molar-refractivity contribution is 7.90. The zero-order chi connectivity index (χ0) is 17.9. The van der Waals surface area contributed by atoms with Crippen LogP contribution in [0.3, 0.4) is 0 Å². The Kier molecular flexibility index (Phi) is 5.29. The molecule has 2 amide bonds. The van der Waals surface area contributed by atoms with Crippen LogP contribution in [0.1, 0.15) is 6.92 Å². The maximum absolute atomic E-state index is 12.1. The van der Waals surface area contributed by atoms with Crippen LogP contribution in [0.25, 0.3) is 0 Å². The van der Waals surface area contributed by atoms with Crippen LogP contribution in [-0.2, 0) is 14.8 Å². The van der Waals surface area contributed by atoms with Gasteiger partial charge in [-0.1, -0.05) is 28.8 Å². The molecule has 1 heterocycles. The number of methoxy groups -OCH3 is 1. The third-order valence-corrected chi connectivity index (χ3v) is 4.67. The fourth-order valence-corrected chi connectivity index (χ4v) is 3.14. The summed E-state index contributed by atoms with van der Waals surface area (Å²) in [5.74, 6) is 0.0707. The van der Waals surface area contributed by atoms with Crippen molar-refractivity contribution < 1.29 is 23.1 Å². The maximum atomic E-state index is 12.1. The summed E-state index contributed by atoms with van der Waals surface area (Å²) in [6.07, 6.45) is 1.37. The number of ether oxygens (including phenoxy) is 1. The number of carbonyl (C=O) groups excluding carboxylic acids is 1. The van der Waals surface area contributed by atoms with Crippen LogP contribution in [0.4, 0.5) is 4.79 Å². The molecule has 1 aliphatic heterocycles. The standard InChI is InChI=1S/C12H14ClN5O5S/c1-8-7-11(23-2)14-18(17(8)20)15-12(19)16-24(21,22)10-6-4-3-5-9(10)13/h3-7,17H,1-2H3,(H2,15,16,19). The van der Waals surface area contributed by atoms with Crippen molar-refractivity contribution in [2.45, 2.75) is 11.8 Å². The summed E-state index contributed by atoms with van der Waals surface area (Å²) in [7, 11) is -2.89. The molecule has 1 atom stereocenters. The fraction of sp³-hybridized carbons (Fsp3) is 0.167. The molecule has 0 radical (unpaired) electrons. The van der Waals surface area contributed by atoms with Gasteiger partial charge in [-0.2, -0.15) is 5.43 Å². The summed E-state index contributed by atoms with van der Waals surface area (Å²) in [4.78, 5) is 11.6. The Bertz CT molecular complexity index is 810. The molecule has 1 aromatic carbocycles. The normalized spacial score (nSPS) is 17.7. The minimum absolute atomic E-state index is 0.0506. The number of halogens is 1. The second-order valence-electron chi connectivity index (χ2n) is 4.56. The predicted molar refractivity (Wildman–Crippen MR) is 84.7 cm³/mol. The highest BCUT2D eigenvalue weighted by atomic mass is 35.5. The van der Waals surface area contributed by atoms with Crippen molar-refractivity contribution in [1.29, 1.82) is 0 Å². The Balaban J connectivity index is 2.12. The number of allylic oxidation sites excluding steroid dienone is 1. The number of hydrazine groups is 1. The molecule has 0 bridgehead atoms. The highest BCUT2D eigenvalue weighted by Crippen LogP contribution is 2.19. The second kappa shape index (κ2) is 7.05. The van der Waals surface area contributed by atoms with Crippen LogP contribution in [0.5, 0.6) is 0 Å². The average Bonchev–Trinajstić information content (AvgIpc) is 2.51. The number of hydrazone groups is 1. The van der Waals surface area contributed by atoms with Gasteiger partial charge in [0.15, 0.2) is 0 Å². The van der Waals surface area contributed by atoms with Gasteiger partial charge in [0, 0.05) is 6.92 Å². The number of hydrogen-bond donors (Lipinski definition) is 3. The average molecular weight is 376 g/mol. The summed E-state index contributed by atoms with van der Waals surface area (Å²) in [6, 6.07) is 4.42. The highest BCUT2D eigenvalue weighted by Gasteiger charge is 2.25. The Labute approximate surface area is 142 Å². The first-order valence-electron chi connectivity index (χ1n) is 6.48. The summed E-state index contributed by atoms with van der Waals surface area (Å²) >= 11 is 5.80. The topological polar surface area (TPSA) is 128 Å². The lowest BCUT2D eigenvalue weighted by Gasteiger charge is -2.32. The van der Waals surface area contributed by atoms with E-state index in [2.05, 4.69) is 5.10 Å². The molecule has 0 saturated carbocycles. The molecule has 1 unspecified atom stereocenters. The maximum Gasteiger partial charge on any atom is 0.352 e. The number of nitrogens with one attached hydrogen (secondary N) is 3. The van der Waals surface area contributed by atoms with Crippen LogP contribution in [0.15, 0.2) is 46.0 Å². The first-order chi connectivity index (χ1) is 11.2. The Morgan fingerprint density at radius 2 is 2.08 bits per heavy atom. The summed E-state index contributed by atoms with van der Waals surface area (Å²) in [5, 5.41) is 15.5. The molecule has 130 valence electrons. The van der Waals surface area contributed by atoms with Gasteiger partial charge >= 0.3 is 6.03 Å². The van der Waals surface area contributed by atoms with E-state index < -0.39 is 21.2 Å². The van der Waals surface area contributed by atoms with E-state index in [1.807, 2.05) is 5.43 Å². The monoisotopic (exact) mass is 375 g/mol. The molecule has 0 aliphatic carbocycles. The van der Waals surface area contributed by atoms with Crippen molar-refractivity contribution >= 4 is 33.6 Å². The molecule has 1 aromatic rings. The molecule has 24 heavy (non-hydrogen) atoms. The van der Waals surface area contributed by atoms with Gasteiger partial charge in [-0.3, -0.25) is 0 Å². The Morgan fingerprint density at radius 1 is 1.42 bits per heavy atom. The number of sulfonamides is 1. The lowest BCUT2D eigenvalue weighted by atomic mass is 10.4. The molecule has 0 saturated heterocycles. The van der Waals surface area contributed by atoms with E-state index in [9.17, 15) is 18.4 Å². The smallest absolute Gasteiger partial charge is 0.352 e. The van der Waals surface area contributed by atoms with Crippen molar-refractivity contribution in [3.05, 3.63) is 46.3 Å². The lowest BCUT2D eigenvalue weighted by Crippen LogP contribution is -3.13. The van der Waals surface area contributed by atoms with Gasteiger partial charge in [0.1, 0.15) is 10.6 Å². The molecule has 3 N–H and O–H groups in total. The number of urea groups is 1. The fourth-order valence-electron chi connectivity index (χ4n) is 1.72. The number of hydroxylamine groups is 1. The number of hydrogen-bond acceptors (Lipinski definition) is 7. The molecule has 1 aliphatic rings. The van der Waals surface area contributed by atoms with Crippen molar-refractivity contribution in [2.75, 3.05) is 7.11 Å². The number of carbonyl (C=O) groups is 1. The van der Waals surface area contributed by atoms with Gasteiger partial charge in [0.05, 0.1) is 18.2 Å². The summed E-state index contributed by atoms with van der Waals surface area (Å²) < 4.78 is 30.9. The third-order valence-electron chi connectivity index (χ3n) is 2.84. The van der Waals surface area contributed by atoms with Gasteiger partial charge in [0.2, 0.25) is 5.90 Å². The van der Waals surface area contributed by atoms with Crippen molar-refractivity contribution in [2.24, 2.45) is 5.10 Å². The zero-order valence-corrected chi connectivity index (χ0v) is 14.2. The van der Waals surface area contributed by atoms with E-state index in [4.69, 9.17) is 16.3 Å². The van der Waals surface area contributed by atoms with Gasteiger partial charge in [-0.25, -0.2) is 23.1 Å². The van der Waals surface area contributed by atoms with Gasteiger partial charge < -0.3 is 9.94 Å². The van der Waals surface area contributed by atoms with Crippen molar-refractivity contribution in [3.8, 4) is 0 Å². The second-order valence-corrected chi connectivity index (χ2v) is 6.62. The van der Waals surface area contributed by atoms with Crippen LogP contribution in [0.2, 0.25) is 5.02 Å². The zero-order valence-electron chi connectivity index (χ0n) is 12.6. The third kappa shape index (κ3) is 3.94. The first-order valence-corrected chi connectivity index (χ1v) is 8.34. The first kappa shape index (κ1) is 18.0. The minimum Gasteiger partial charge on any atom is -0.600 e.